The van der Waals surface area contributed by atoms with Crippen molar-refractivity contribution in [3.63, 3.8) is 0 Å². The van der Waals surface area contributed by atoms with Crippen molar-refractivity contribution in [2.24, 2.45) is 12.2 Å². The van der Waals surface area contributed by atoms with Gasteiger partial charge in [0.2, 0.25) is 0 Å². The van der Waals surface area contributed by atoms with Gasteiger partial charge in [-0.05, 0) is 5.53 Å². The maximum absolute atomic E-state index is 7.96. The molecule has 0 amide bonds. The molecule has 10 heavy (non-hydrogen) atoms. The maximum Gasteiger partial charge on any atom is 0.0946 e. The summed E-state index contributed by atoms with van der Waals surface area (Å²) in [5.41, 5.74) is 8.75. The van der Waals surface area contributed by atoms with Gasteiger partial charge in [0.05, 0.1) is 18.6 Å². The van der Waals surface area contributed by atoms with E-state index in [1.165, 1.54) is 0 Å². The van der Waals surface area contributed by atoms with E-state index in [9.17, 15) is 0 Å². The first-order chi connectivity index (χ1) is 4.83. The quantitative estimate of drug-likeness (QED) is 0.343. The molecule has 0 spiro atoms. The highest BCUT2D eigenvalue weighted by Crippen LogP contribution is 1.95. The van der Waals surface area contributed by atoms with Crippen molar-refractivity contribution in [1.82, 2.24) is 9.55 Å². The first-order valence-corrected chi connectivity index (χ1v) is 2.80. The van der Waals surface area contributed by atoms with Crippen molar-refractivity contribution >= 4 is 0 Å². The molecule has 0 aliphatic heterocycles. The molecule has 0 aliphatic rings. The van der Waals surface area contributed by atoms with Gasteiger partial charge in [-0.1, -0.05) is 5.11 Å². The predicted octanol–water partition coefficient (Wildman–Crippen LogP) is 1.23. The average Bonchev–Trinajstić information content (AvgIpc) is 2.31. The molecule has 1 aromatic heterocycles. The second kappa shape index (κ2) is 2.89. The van der Waals surface area contributed by atoms with Gasteiger partial charge in [0.25, 0.3) is 0 Å². The van der Waals surface area contributed by atoms with Gasteiger partial charge in [0.1, 0.15) is 0 Å². The highest BCUT2D eigenvalue weighted by molar-refractivity contribution is 4.95. The van der Waals surface area contributed by atoms with Gasteiger partial charge in [-0.15, -0.1) is 0 Å². The summed E-state index contributed by atoms with van der Waals surface area (Å²) in [6.45, 7) is 0.331. The molecule has 0 fully saturated rings. The van der Waals surface area contributed by atoms with E-state index in [-0.39, 0.29) is 0 Å². The summed E-state index contributed by atoms with van der Waals surface area (Å²) in [5.74, 6) is 0. The van der Waals surface area contributed by atoms with Crippen molar-refractivity contribution in [2.45, 2.75) is 6.54 Å². The lowest BCUT2D eigenvalue weighted by molar-refractivity contribution is 0.911. The van der Waals surface area contributed by atoms with Crippen molar-refractivity contribution in [3.05, 3.63) is 28.7 Å². The molecule has 0 atom stereocenters. The Labute approximate surface area is 57.9 Å². The summed E-state index contributed by atoms with van der Waals surface area (Å²) < 4.78 is 1.81. The maximum atomic E-state index is 7.96. The minimum Gasteiger partial charge on any atom is -0.340 e. The minimum atomic E-state index is 0.331. The zero-order valence-corrected chi connectivity index (χ0v) is 5.60. The summed E-state index contributed by atoms with van der Waals surface area (Å²) >= 11 is 0. The highest BCUT2D eigenvalue weighted by Gasteiger charge is 1.91. The summed E-state index contributed by atoms with van der Waals surface area (Å²) in [5, 5.41) is 3.36. The second-order valence-electron chi connectivity index (χ2n) is 1.92. The van der Waals surface area contributed by atoms with Crippen LogP contribution >= 0.6 is 0 Å². The van der Waals surface area contributed by atoms with Gasteiger partial charge in [0.15, 0.2) is 0 Å². The Morgan fingerprint density at radius 1 is 1.90 bits per heavy atom. The van der Waals surface area contributed by atoms with E-state index >= 15 is 0 Å². The first-order valence-electron chi connectivity index (χ1n) is 2.80. The van der Waals surface area contributed by atoms with Crippen molar-refractivity contribution < 1.29 is 0 Å². The van der Waals surface area contributed by atoms with E-state index in [2.05, 4.69) is 15.0 Å². The molecule has 0 unspecified atom stereocenters. The Balaban J connectivity index is 2.66. The number of nitrogens with zero attached hydrogens (tertiary/aromatic N) is 5. The van der Waals surface area contributed by atoms with Gasteiger partial charge >= 0.3 is 0 Å². The van der Waals surface area contributed by atoms with Gasteiger partial charge in [0, 0.05) is 18.2 Å². The smallest absolute Gasteiger partial charge is 0.0946 e. The summed E-state index contributed by atoms with van der Waals surface area (Å²) in [6.07, 6.45) is 3.48. The van der Waals surface area contributed by atoms with E-state index in [1.54, 1.807) is 6.33 Å². The van der Waals surface area contributed by atoms with Gasteiger partial charge in [-0.25, -0.2) is 4.98 Å². The zero-order chi connectivity index (χ0) is 7.40. The van der Waals surface area contributed by atoms with Crippen LogP contribution in [0.15, 0.2) is 17.6 Å². The Hall–Kier alpha value is -1.48. The standard InChI is InChI=1S/C5H7N5/c1-10-3-5(7-4-10)2-8-9-6/h3-4H,2H2,1H3. The molecule has 52 valence electrons. The molecule has 0 radical (unpaired) electrons. The predicted molar refractivity (Wildman–Crippen MR) is 36.1 cm³/mol. The van der Waals surface area contributed by atoms with Crippen molar-refractivity contribution in [1.29, 1.82) is 0 Å². The number of aryl methyl sites for hydroxylation is 1. The number of imidazole rings is 1. The second-order valence-corrected chi connectivity index (χ2v) is 1.92. The zero-order valence-electron chi connectivity index (χ0n) is 5.60. The normalized spacial score (nSPS) is 8.90. The lowest BCUT2D eigenvalue weighted by Gasteiger charge is -1.82. The summed E-state index contributed by atoms with van der Waals surface area (Å²) in [6, 6.07) is 0. The molecule has 0 saturated carbocycles. The molecule has 1 heterocycles. The molecule has 0 N–H and O–H groups in total. The van der Waals surface area contributed by atoms with E-state index in [0.29, 0.717) is 6.54 Å². The molecular formula is C5H7N5. The van der Waals surface area contributed by atoms with Crippen LogP contribution in [0.3, 0.4) is 0 Å². The third-order valence-corrected chi connectivity index (χ3v) is 1.05. The van der Waals surface area contributed by atoms with Crippen LogP contribution in [-0.4, -0.2) is 9.55 Å². The van der Waals surface area contributed by atoms with Gasteiger partial charge in [-0.3, -0.25) is 0 Å². The van der Waals surface area contributed by atoms with Gasteiger partial charge in [-0.2, -0.15) is 0 Å². The Kier molecular flexibility index (Phi) is 1.92. The average molecular weight is 137 g/mol. The van der Waals surface area contributed by atoms with Crippen LogP contribution in [0.4, 0.5) is 0 Å². The molecule has 1 rings (SSSR count). The number of hydrogen-bond acceptors (Lipinski definition) is 2. The fourth-order valence-corrected chi connectivity index (χ4v) is 0.653. The van der Waals surface area contributed by atoms with Gasteiger partial charge < -0.3 is 4.57 Å². The first kappa shape index (κ1) is 6.64. The number of azide groups is 1. The Morgan fingerprint density at radius 2 is 2.70 bits per heavy atom. The number of hydrogen-bond donors (Lipinski definition) is 0. The highest BCUT2D eigenvalue weighted by atomic mass is 15.1. The molecule has 0 saturated heterocycles. The summed E-state index contributed by atoms with van der Waals surface area (Å²) in [7, 11) is 1.87. The molecule has 5 heteroatoms. The van der Waals surface area contributed by atoms with Crippen LogP contribution in [0, 0.1) is 0 Å². The fourth-order valence-electron chi connectivity index (χ4n) is 0.653. The summed E-state index contributed by atoms with van der Waals surface area (Å²) in [4.78, 5) is 6.57. The minimum absolute atomic E-state index is 0.331. The largest absolute Gasteiger partial charge is 0.340 e. The van der Waals surface area contributed by atoms with Crippen LogP contribution in [0.1, 0.15) is 5.69 Å². The fraction of sp³-hybridized carbons (Fsp3) is 0.400. The van der Waals surface area contributed by atoms with Crippen molar-refractivity contribution in [3.8, 4) is 0 Å². The van der Waals surface area contributed by atoms with Crippen LogP contribution in [-0.2, 0) is 13.6 Å². The number of rotatable bonds is 2. The van der Waals surface area contributed by atoms with E-state index in [1.807, 2.05) is 17.8 Å². The van der Waals surface area contributed by atoms with E-state index < -0.39 is 0 Å². The van der Waals surface area contributed by atoms with E-state index in [4.69, 9.17) is 5.53 Å². The van der Waals surface area contributed by atoms with Crippen LogP contribution in [0.25, 0.3) is 10.4 Å². The van der Waals surface area contributed by atoms with E-state index in [0.717, 1.165) is 5.69 Å². The van der Waals surface area contributed by atoms with Crippen LogP contribution in [0.2, 0.25) is 0 Å². The molecule has 1 aromatic rings. The Morgan fingerprint density at radius 3 is 3.20 bits per heavy atom. The monoisotopic (exact) mass is 137 g/mol. The lowest BCUT2D eigenvalue weighted by Crippen LogP contribution is -1.79. The lowest BCUT2D eigenvalue weighted by atomic mass is 10.5. The van der Waals surface area contributed by atoms with Crippen molar-refractivity contribution in [2.75, 3.05) is 0 Å². The third-order valence-electron chi connectivity index (χ3n) is 1.05. The SMILES string of the molecule is Cn1cnc(CN=[N+]=[N-])c1. The molecule has 0 aliphatic carbocycles. The topological polar surface area (TPSA) is 66.6 Å². The Bertz CT molecular complexity index is 257. The third kappa shape index (κ3) is 1.50. The van der Waals surface area contributed by atoms with Crippen LogP contribution in [0.5, 0.6) is 0 Å². The molecule has 0 bridgehead atoms. The number of aromatic nitrogens is 2. The van der Waals surface area contributed by atoms with Crippen LogP contribution < -0.4 is 0 Å². The molecule has 5 nitrogen and oxygen atoms in total. The molecular weight excluding hydrogens is 130 g/mol. The molecule has 0 aromatic carbocycles.